The van der Waals surface area contributed by atoms with E-state index in [1.54, 1.807) is 14.2 Å². The number of nitrogens with two attached hydrogens (primary N) is 1. The van der Waals surface area contributed by atoms with Gasteiger partial charge in [0, 0.05) is 13.7 Å². The summed E-state index contributed by atoms with van der Waals surface area (Å²) >= 11 is 0. The average Bonchev–Trinajstić information content (AvgIpc) is 2.51. The Kier molecular flexibility index (Phi) is 8.04. The van der Waals surface area contributed by atoms with E-state index in [1.807, 2.05) is 18.2 Å². The molecule has 0 radical (unpaired) electrons. The van der Waals surface area contributed by atoms with Crippen molar-refractivity contribution in [1.82, 2.24) is 5.32 Å². The lowest BCUT2D eigenvalue weighted by atomic mass is 10.2. The first-order valence-electron chi connectivity index (χ1n) is 7.03. The van der Waals surface area contributed by atoms with E-state index in [4.69, 9.17) is 19.9 Å². The van der Waals surface area contributed by atoms with Gasteiger partial charge in [-0.1, -0.05) is 13.0 Å². The van der Waals surface area contributed by atoms with Gasteiger partial charge in [-0.05, 0) is 24.1 Å². The van der Waals surface area contributed by atoms with Gasteiger partial charge in [-0.2, -0.15) is 0 Å². The Labute approximate surface area is 126 Å². The van der Waals surface area contributed by atoms with Crippen LogP contribution in [0.15, 0.2) is 23.2 Å². The first kappa shape index (κ1) is 17.1. The molecule has 0 heterocycles. The molecule has 6 nitrogen and oxygen atoms in total. The number of benzene rings is 1. The number of aliphatic imine (C=N–C) groups is 1. The minimum Gasteiger partial charge on any atom is -0.493 e. The van der Waals surface area contributed by atoms with E-state index < -0.39 is 0 Å². The summed E-state index contributed by atoms with van der Waals surface area (Å²) in [6.07, 6.45) is 0.957. The number of nitrogens with one attached hydrogen (secondary N) is 1. The second-order valence-corrected chi connectivity index (χ2v) is 4.45. The van der Waals surface area contributed by atoms with Gasteiger partial charge in [0.15, 0.2) is 17.5 Å². The monoisotopic (exact) mass is 295 g/mol. The molecule has 0 atom stereocenters. The zero-order chi connectivity index (χ0) is 15.5. The van der Waals surface area contributed by atoms with E-state index in [2.05, 4.69) is 17.2 Å². The van der Waals surface area contributed by atoms with Gasteiger partial charge < -0.3 is 25.3 Å². The molecule has 21 heavy (non-hydrogen) atoms. The minimum absolute atomic E-state index is 0.400. The number of rotatable bonds is 9. The normalized spacial score (nSPS) is 11.3. The number of ether oxygens (including phenoxy) is 3. The fourth-order valence-electron chi connectivity index (χ4n) is 1.66. The zero-order valence-electron chi connectivity index (χ0n) is 13.0. The van der Waals surface area contributed by atoms with Gasteiger partial charge in [0.25, 0.3) is 0 Å². The predicted molar refractivity (Wildman–Crippen MR) is 84.0 cm³/mol. The summed E-state index contributed by atoms with van der Waals surface area (Å²) in [7, 11) is 3.27. The molecule has 6 heteroatoms. The quantitative estimate of drug-likeness (QED) is 0.410. The third-order valence-corrected chi connectivity index (χ3v) is 2.73. The molecule has 0 bridgehead atoms. The van der Waals surface area contributed by atoms with Crippen LogP contribution in [0, 0.1) is 0 Å². The number of methoxy groups -OCH3 is 2. The van der Waals surface area contributed by atoms with Gasteiger partial charge in [-0.25, -0.2) is 4.99 Å². The highest BCUT2D eigenvalue weighted by Gasteiger charge is 2.05. The van der Waals surface area contributed by atoms with Crippen LogP contribution in [0.4, 0.5) is 0 Å². The van der Waals surface area contributed by atoms with E-state index in [0.29, 0.717) is 38.0 Å². The lowest BCUT2D eigenvalue weighted by Gasteiger charge is -2.11. The van der Waals surface area contributed by atoms with Crippen molar-refractivity contribution in [3.63, 3.8) is 0 Å². The maximum atomic E-state index is 5.76. The van der Waals surface area contributed by atoms with Crippen molar-refractivity contribution < 1.29 is 14.2 Å². The molecule has 1 aromatic rings. The van der Waals surface area contributed by atoms with Crippen LogP contribution >= 0.6 is 0 Å². The van der Waals surface area contributed by atoms with Crippen molar-refractivity contribution in [3.8, 4) is 11.5 Å². The van der Waals surface area contributed by atoms with E-state index in [0.717, 1.165) is 17.7 Å². The van der Waals surface area contributed by atoms with Crippen LogP contribution in [0.3, 0.4) is 0 Å². The molecule has 0 amide bonds. The van der Waals surface area contributed by atoms with E-state index in [-0.39, 0.29) is 0 Å². The highest BCUT2D eigenvalue weighted by molar-refractivity contribution is 5.77. The topological polar surface area (TPSA) is 78.1 Å². The van der Waals surface area contributed by atoms with Crippen LogP contribution in [0.25, 0.3) is 0 Å². The fourth-order valence-corrected chi connectivity index (χ4v) is 1.66. The molecule has 0 aliphatic rings. The SMILES string of the molecule is CCCOc1ccc(CN=C(N)NCCOC)cc1OC. The maximum absolute atomic E-state index is 5.76. The Morgan fingerprint density at radius 1 is 1.24 bits per heavy atom. The van der Waals surface area contributed by atoms with Gasteiger partial charge >= 0.3 is 0 Å². The highest BCUT2D eigenvalue weighted by atomic mass is 16.5. The van der Waals surface area contributed by atoms with Gasteiger partial charge in [-0.15, -0.1) is 0 Å². The number of guanidine groups is 1. The molecule has 1 aromatic carbocycles. The first-order chi connectivity index (χ1) is 10.2. The first-order valence-corrected chi connectivity index (χ1v) is 7.03. The van der Waals surface area contributed by atoms with Crippen LogP contribution in [0.2, 0.25) is 0 Å². The molecule has 0 aliphatic heterocycles. The predicted octanol–water partition coefficient (Wildman–Crippen LogP) is 1.53. The molecular weight excluding hydrogens is 270 g/mol. The summed E-state index contributed by atoms with van der Waals surface area (Å²) in [5.74, 6) is 1.86. The second kappa shape index (κ2) is 9.88. The van der Waals surface area contributed by atoms with Gasteiger partial charge in [-0.3, -0.25) is 0 Å². The van der Waals surface area contributed by atoms with Crippen molar-refractivity contribution in [2.75, 3.05) is 34.0 Å². The number of hydrogen-bond donors (Lipinski definition) is 2. The molecule has 0 spiro atoms. The molecule has 0 saturated heterocycles. The molecule has 0 aliphatic carbocycles. The van der Waals surface area contributed by atoms with Gasteiger partial charge in [0.2, 0.25) is 0 Å². The third-order valence-electron chi connectivity index (χ3n) is 2.73. The number of hydrogen-bond acceptors (Lipinski definition) is 4. The largest absolute Gasteiger partial charge is 0.493 e. The second-order valence-electron chi connectivity index (χ2n) is 4.45. The lowest BCUT2D eigenvalue weighted by Crippen LogP contribution is -2.34. The number of nitrogens with zero attached hydrogens (tertiary/aromatic N) is 1. The van der Waals surface area contributed by atoms with Gasteiger partial charge in [0.05, 0.1) is 26.9 Å². The Balaban J connectivity index is 2.61. The van der Waals surface area contributed by atoms with Crippen LogP contribution in [0.5, 0.6) is 11.5 Å². The summed E-state index contributed by atoms with van der Waals surface area (Å²) in [4.78, 5) is 4.26. The third kappa shape index (κ3) is 6.35. The Morgan fingerprint density at radius 3 is 2.71 bits per heavy atom. The maximum Gasteiger partial charge on any atom is 0.188 e. The van der Waals surface area contributed by atoms with Gasteiger partial charge in [0.1, 0.15) is 0 Å². The van der Waals surface area contributed by atoms with Crippen LogP contribution in [-0.2, 0) is 11.3 Å². The molecule has 3 N–H and O–H groups in total. The lowest BCUT2D eigenvalue weighted by molar-refractivity contribution is 0.204. The Morgan fingerprint density at radius 2 is 2.05 bits per heavy atom. The molecule has 0 saturated carbocycles. The summed E-state index contributed by atoms with van der Waals surface area (Å²) in [6.45, 7) is 4.45. The standard InChI is InChI=1S/C15H25N3O3/c1-4-8-21-13-6-5-12(10-14(13)20-3)11-18-15(16)17-7-9-19-2/h5-6,10H,4,7-9,11H2,1-3H3,(H3,16,17,18). The summed E-state index contributed by atoms with van der Waals surface area (Å²) < 4.78 is 15.9. The summed E-state index contributed by atoms with van der Waals surface area (Å²) in [5.41, 5.74) is 6.76. The van der Waals surface area contributed by atoms with Crippen molar-refractivity contribution in [2.24, 2.45) is 10.7 Å². The smallest absolute Gasteiger partial charge is 0.188 e. The van der Waals surface area contributed by atoms with Crippen molar-refractivity contribution in [1.29, 1.82) is 0 Å². The zero-order valence-corrected chi connectivity index (χ0v) is 13.0. The minimum atomic E-state index is 0.400. The van der Waals surface area contributed by atoms with Crippen molar-refractivity contribution in [2.45, 2.75) is 19.9 Å². The summed E-state index contributed by atoms with van der Waals surface area (Å²) in [5, 5.41) is 2.97. The van der Waals surface area contributed by atoms with E-state index in [1.165, 1.54) is 0 Å². The van der Waals surface area contributed by atoms with E-state index in [9.17, 15) is 0 Å². The highest BCUT2D eigenvalue weighted by Crippen LogP contribution is 2.28. The summed E-state index contributed by atoms with van der Waals surface area (Å²) in [6, 6.07) is 5.77. The Hall–Kier alpha value is -1.95. The molecule has 0 aromatic heterocycles. The molecule has 118 valence electrons. The molecule has 1 rings (SSSR count). The van der Waals surface area contributed by atoms with Crippen LogP contribution < -0.4 is 20.5 Å². The molecular formula is C15H25N3O3. The molecule has 0 unspecified atom stereocenters. The fraction of sp³-hybridized carbons (Fsp3) is 0.533. The average molecular weight is 295 g/mol. The van der Waals surface area contributed by atoms with Crippen LogP contribution in [-0.4, -0.2) is 39.9 Å². The van der Waals surface area contributed by atoms with Crippen LogP contribution in [0.1, 0.15) is 18.9 Å². The van der Waals surface area contributed by atoms with Crippen molar-refractivity contribution in [3.05, 3.63) is 23.8 Å². The van der Waals surface area contributed by atoms with E-state index >= 15 is 0 Å². The van der Waals surface area contributed by atoms with Crippen molar-refractivity contribution >= 4 is 5.96 Å². The Bertz CT molecular complexity index is 450. The molecule has 0 fully saturated rings.